The fourth-order valence-corrected chi connectivity index (χ4v) is 8.93. The number of nitrogens with zero attached hydrogens (tertiary/aromatic N) is 2. The third-order valence-corrected chi connectivity index (χ3v) is 11.9. The van der Waals surface area contributed by atoms with E-state index >= 15 is 0 Å². The van der Waals surface area contributed by atoms with Crippen LogP contribution in [0.1, 0.15) is 0 Å². The summed E-state index contributed by atoms with van der Waals surface area (Å²) >= 11 is 0. The van der Waals surface area contributed by atoms with Crippen LogP contribution in [-0.4, -0.2) is 9.97 Å². The molecule has 0 aliphatic heterocycles. The van der Waals surface area contributed by atoms with Crippen LogP contribution >= 0.6 is 0 Å². The Kier molecular flexibility index (Phi) is 9.57. The lowest BCUT2D eigenvalue weighted by Gasteiger charge is -2.21. The van der Waals surface area contributed by atoms with Crippen molar-refractivity contribution in [2.45, 2.75) is 0 Å². The normalized spacial score (nSPS) is 11.2. The molecule has 290 valence electrons. The molecule has 0 spiro atoms. The second kappa shape index (κ2) is 16.1. The number of hydrogen-bond acceptors (Lipinski definition) is 2. The molecule has 62 heavy (non-hydrogen) atoms. The van der Waals surface area contributed by atoms with Gasteiger partial charge >= 0.3 is 0 Å². The summed E-state index contributed by atoms with van der Waals surface area (Å²) in [5.74, 6) is 0.711. The summed E-state index contributed by atoms with van der Waals surface area (Å²) < 4.78 is 0. The second-order valence-corrected chi connectivity index (χ2v) is 15.8. The molecule has 11 aromatic rings. The summed E-state index contributed by atoms with van der Waals surface area (Å²) in [7, 11) is 0. The zero-order valence-electron chi connectivity index (χ0n) is 34.0. The Labute approximate surface area is 362 Å². The molecule has 11 rings (SSSR count). The van der Waals surface area contributed by atoms with Gasteiger partial charge in [0.05, 0.1) is 0 Å². The van der Waals surface area contributed by atoms with Crippen LogP contribution in [0.3, 0.4) is 0 Å². The van der Waals surface area contributed by atoms with E-state index in [1.807, 2.05) is 42.7 Å². The lowest BCUT2D eigenvalue weighted by molar-refractivity contribution is 1.18. The zero-order valence-corrected chi connectivity index (χ0v) is 34.0. The van der Waals surface area contributed by atoms with Crippen molar-refractivity contribution in [2.24, 2.45) is 0 Å². The van der Waals surface area contributed by atoms with Crippen LogP contribution < -0.4 is 0 Å². The van der Waals surface area contributed by atoms with E-state index < -0.39 is 0 Å². The van der Waals surface area contributed by atoms with Gasteiger partial charge in [-0.05, 0) is 136 Å². The first-order chi connectivity index (χ1) is 30.7. The van der Waals surface area contributed by atoms with Crippen molar-refractivity contribution in [3.8, 4) is 89.3 Å². The molecule has 0 radical (unpaired) electrons. The first-order valence-electron chi connectivity index (χ1n) is 21.1. The van der Waals surface area contributed by atoms with Gasteiger partial charge in [0.15, 0.2) is 5.82 Å². The summed E-state index contributed by atoms with van der Waals surface area (Å²) in [6.45, 7) is 0. The Bertz CT molecular complexity index is 3230. The molecule has 0 aliphatic rings. The Balaban J connectivity index is 1.22. The average Bonchev–Trinajstić information content (AvgIpc) is 3.36. The van der Waals surface area contributed by atoms with E-state index in [-0.39, 0.29) is 0 Å². The van der Waals surface area contributed by atoms with Crippen LogP contribution in [0.15, 0.2) is 243 Å². The number of aromatic nitrogens is 2. The quantitative estimate of drug-likeness (QED) is 0.143. The van der Waals surface area contributed by atoms with Crippen molar-refractivity contribution in [1.82, 2.24) is 9.97 Å². The Hall–Kier alpha value is -8.20. The van der Waals surface area contributed by atoms with Gasteiger partial charge in [-0.15, -0.1) is 0 Å². The predicted molar refractivity (Wildman–Crippen MR) is 261 cm³/mol. The minimum Gasteiger partial charge on any atom is -0.236 e. The van der Waals surface area contributed by atoms with Gasteiger partial charge in [-0.3, -0.25) is 0 Å². The highest BCUT2D eigenvalue weighted by Gasteiger charge is 2.20. The molecule has 1 aromatic heterocycles. The number of rotatable bonds is 8. The van der Waals surface area contributed by atoms with Crippen LogP contribution in [0.25, 0.3) is 111 Å². The molecular formula is C60H40N2. The third-order valence-electron chi connectivity index (χ3n) is 11.9. The Morgan fingerprint density at radius 3 is 0.919 bits per heavy atom. The van der Waals surface area contributed by atoms with E-state index in [1.165, 1.54) is 82.7 Å². The molecule has 10 aromatic carbocycles. The van der Waals surface area contributed by atoms with Crippen LogP contribution in [-0.2, 0) is 0 Å². The smallest absolute Gasteiger partial charge is 0.159 e. The van der Waals surface area contributed by atoms with Crippen molar-refractivity contribution in [3.63, 3.8) is 0 Å². The number of fused-ring (bicyclic) bond motifs is 2. The van der Waals surface area contributed by atoms with Gasteiger partial charge < -0.3 is 0 Å². The molecule has 0 saturated heterocycles. The molecule has 2 heteroatoms. The largest absolute Gasteiger partial charge is 0.236 e. The van der Waals surface area contributed by atoms with Crippen molar-refractivity contribution in [2.75, 3.05) is 0 Å². The van der Waals surface area contributed by atoms with Crippen molar-refractivity contribution in [3.05, 3.63) is 243 Å². The van der Waals surface area contributed by atoms with Gasteiger partial charge in [0.1, 0.15) is 0 Å². The highest BCUT2D eigenvalue weighted by molar-refractivity contribution is 6.22. The van der Waals surface area contributed by atoms with Crippen LogP contribution in [0, 0.1) is 0 Å². The molecule has 0 fully saturated rings. The maximum atomic E-state index is 4.86. The second-order valence-electron chi connectivity index (χ2n) is 15.8. The SMILES string of the molecule is c1ccc(-c2cc(-c3ccccc3)cc(-c3c4ccccc4c(-c4cc(-c5ccccc5)cc(-c5ccccc5)c4)c4cc(-c5cnc(-c6ccccc6)nc5)ccc34)c2)cc1. The molecule has 2 nitrogen and oxygen atoms in total. The first kappa shape index (κ1) is 36.8. The highest BCUT2D eigenvalue weighted by Crippen LogP contribution is 2.47. The first-order valence-corrected chi connectivity index (χ1v) is 21.1. The van der Waals surface area contributed by atoms with E-state index in [1.54, 1.807) is 0 Å². The van der Waals surface area contributed by atoms with Gasteiger partial charge in [-0.2, -0.15) is 0 Å². The van der Waals surface area contributed by atoms with Gasteiger partial charge in [0.2, 0.25) is 0 Å². The number of benzene rings is 10. The van der Waals surface area contributed by atoms with E-state index in [0.717, 1.165) is 22.3 Å². The Morgan fingerprint density at radius 2 is 0.516 bits per heavy atom. The van der Waals surface area contributed by atoms with E-state index in [2.05, 4.69) is 200 Å². The van der Waals surface area contributed by atoms with Crippen LogP contribution in [0.2, 0.25) is 0 Å². The topological polar surface area (TPSA) is 25.8 Å². The molecule has 0 bridgehead atoms. The standard InChI is InChI=1S/C60H40N2/c1-6-18-41(19-7-1)47-32-48(42-20-8-2-9-21-42)35-51(34-47)58-54-28-16-17-29-55(54)59(52-36-49(43-22-10-3-11-23-43)33-50(37-52)44-24-12-4-13-25-44)57-38-46(30-31-56(57)58)53-39-61-60(62-40-53)45-26-14-5-15-27-45/h1-40H. The molecular weight excluding hydrogens is 749 g/mol. The van der Waals surface area contributed by atoms with Gasteiger partial charge in [-0.1, -0.05) is 188 Å². The molecule has 0 amide bonds. The average molecular weight is 789 g/mol. The summed E-state index contributed by atoms with van der Waals surface area (Å²) in [5, 5.41) is 4.74. The van der Waals surface area contributed by atoms with Crippen LogP contribution in [0.5, 0.6) is 0 Å². The molecule has 0 atom stereocenters. The van der Waals surface area contributed by atoms with Crippen molar-refractivity contribution >= 4 is 21.5 Å². The van der Waals surface area contributed by atoms with Crippen molar-refractivity contribution in [1.29, 1.82) is 0 Å². The van der Waals surface area contributed by atoms with Crippen molar-refractivity contribution < 1.29 is 0 Å². The maximum Gasteiger partial charge on any atom is 0.159 e. The molecule has 0 unspecified atom stereocenters. The third kappa shape index (κ3) is 7.04. The zero-order chi connectivity index (χ0) is 41.2. The minimum absolute atomic E-state index is 0.711. The molecule has 0 aliphatic carbocycles. The van der Waals surface area contributed by atoms with Gasteiger partial charge in [0, 0.05) is 23.5 Å². The molecule has 0 N–H and O–H groups in total. The van der Waals surface area contributed by atoms with E-state index in [9.17, 15) is 0 Å². The summed E-state index contributed by atoms with van der Waals surface area (Å²) in [6.07, 6.45) is 3.91. The lowest BCUT2D eigenvalue weighted by Crippen LogP contribution is -1.94. The fraction of sp³-hybridized carbons (Fsp3) is 0. The predicted octanol–water partition coefficient (Wildman–Crippen LogP) is 16.1. The molecule has 0 saturated carbocycles. The molecule has 1 heterocycles. The van der Waals surface area contributed by atoms with Gasteiger partial charge in [0.25, 0.3) is 0 Å². The van der Waals surface area contributed by atoms with Crippen LogP contribution in [0.4, 0.5) is 0 Å². The van der Waals surface area contributed by atoms with Gasteiger partial charge in [-0.25, -0.2) is 9.97 Å². The summed E-state index contributed by atoms with van der Waals surface area (Å²) in [4.78, 5) is 9.71. The van der Waals surface area contributed by atoms with E-state index in [4.69, 9.17) is 9.97 Å². The summed E-state index contributed by atoms with van der Waals surface area (Å²) in [6, 6.07) is 83.1. The minimum atomic E-state index is 0.711. The maximum absolute atomic E-state index is 4.86. The highest BCUT2D eigenvalue weighted by atomic mass is 14.9. The lowest BCUT2D eigenvalue weighted by atomic mass is 9.82. The van der Waals surface area contributed by atoms with E-state index in [0.29, 0.717) is 5.82 Å². The monoisotopic (exact) mass is 788 g/mol. The Morgan fingerprint density at radius 1 is 0.194 bits per heavy atom. The number of hydrogen-bond donors (Lipinski definition) is 0. The fourth-order valence-electron chi connectivity index (χ4n) is 8.93. The summed E-state index contributed by atoms with van der Waals surface area (Å²) in [5.41, 5.74) is 17.2.